The lowest BCUT2D eigenvalue weighted by Crippen LogP contribution is -2.04. The van der Waals surface area contributed by atoms with Gasteiger partial charge in [-0.2, -0.15) is 9.37 Å². The zero-order chi connectivity index (χ0) is 14.5. The summed E-state index contributed by atoms with van der Waals surface area (Å²) in [6, 6.07) is 5.26. The molecule has 104 valence electrons. The molecule has 2 aromatic rings. The van der Waals surface area contributed by atoms with Crippen LogP contribution in [0, 0.1) is 15.9 Å². The molecule has 20 heavy (non-hydrogen) atoms. The SMILES string of the molecule is CCNc1ncc(F)c(Oc2ccc([N+](=O)[O-])cc2)n1. The molecule has 0 bridgehead atoms. The maximum atomic E-state index is 13.5. The molecule has 0 aliphatic heterocycles. The van der Waals surface area contributed by atoms with E-state index < -0.39 is 10.7 Å². The van der Waals surface area contributed by atoms with E-state index in [1.165, 1.54) is 24.3 Å². The van der Waals surface area contributed by atoms with Gasteiger partial charge in [-0.05, 0) is 19.1 Å². The normalized spacial score (nSPS) is 10.1. The summed E-state index contributed by atoms with van der Waals surface area (Å²) in [6.07, 6.45) is 0.992. The number of ether oxygens (including phenoxy) is 1. The van der Waals surface area contributed by atoms with Crippen molar-refractivity contribution < 1.29 is 14.1 Å². The zero-order valence-electron chi connectivity index (χ0n) is 10.5. The molecular weight excluding hydrogens is 267 g/mol. The molecule has 2 rings (SSSR count). The molecule has 0 unspecified atom stereocenters. The molecule has 0 amide bonds. The fourth-order valence-electron chi connectivity index (χ4n) is 1.41. The molecular formula is C12H11FN4O3. The summed E-state index contributed by atoms with van der Waals surface area (Å²) in [5.74, 6) is -0.476. The third-order valence-corrected chi connectivity index (χ3v) is 2.31. The molecule has 8 heteroatoms. The number of rotatable bonds is 5. The van der Waals surface area contributed by atoms with Crippen molar-refractivity contribution in [2.75, 3.05) is 11.9 Å². The van der Waals surface area contributed by atoms with Crippen LogP contribution in [-0.4, -0.2) is 21.4 Å². The van der Waals surface area contributed by atoms with E-state index in [-0.39, 0.29) is 23.3 Å². The van der Waals surface area contributed by atoms with Gasteiger partial charge in [0, 0.05) is 18.7 Å². The lowest BCUT2D eigenvalue weighted by molar-refractivity contribution is -0.384. The van der Waals surface area contributed by atoms with Gasteiger partial charge in [-0.1, -0.05) is 0 Å². The molecule has 1 aromatic heterocycles. The van der Waals surface area contributed by atoms with Gasteiger partial charge in [0.2, 0.25) is 11.8 Å². The Hall–Kier alpha value is -2.77. The smallest absolute Gasteiger partial charge is 0.269 e. The molecule has 0 aliphatic carbocycles. The van der Waals surface area contributed by atoms with Gasteiger partial charge < -0.3 is 10.1 Å². The van der Waals surface area contributed by atoms with E-state index in [1.807, 2.05) is 6.92 Å². The van der Waals surface area contributed by atoms with Crippen LogP contribution < -0.4 is 10.1 Å². The highest BCUT2D eigenvalue weighted by molar-refractivity contribution is 5.38. The number of halogens is 1. The highest BCUT2D eigenvalue weighted by Crippen LogP contribution is 2.24. The Balaban J connectivity index is 2.20. The Labute approximate surface area is 113 Å². The predicted octanol–water partition coefficient (Wildman–Crippen LogP) is 2.75. The minimum absolute atomic E-state index is 0.0751. The van der Waals surface area contributed by atoms with Crippen molar-refractivity contribution in [2.45, 2.75) is 6.92 Å². The molecule has 0 saturated carbocycles. The molecule has 0 spiro atoms. The number of nitrogens with zero attached hydrogens (tertiary/aromatic N) is 3. The Bertz CT molecular complexity index is 619. The summed E-state index contributed by atoms with van der Waals surface area (Å²) < 4.78 is 18.8. The van der Waals surface area contributed by atoms with Crippen molar-refractivity contribution in [3.8, 4) is 11.6 Å². The standard InChI is InChI=1S/C12H11FN4O3/c1-2-14-12-15-7-10(13)11(16-12)20-9-5-3-8(4-6-9)17(18)19/h3-7H,2H2,1H3,(H,14,15,16). The van der Waals surface area contributed by atoms with Crippen LogP contribution >= 0.6 is 0 Å². The largest absolute Gasteiger partial charge is 0.436 e. The Morgan fingerprint density at radius 1 is 1.40 bits per heavy atom. The molecule has 7 nitrogen and oxygen atoms in total. The van der Waals surface area contributed by atoms with E-state index in [0.29, 0.717) is 6.54 Å². The van der Waals surface area contributed by atoms with Crippen LogP contribution in [0.25, 0.3) is 0 Å². The van der Waals surface area contributed by atoms with Crippen LogP contribution in [0.4, 0.5) is 16.0 Å². The number of nitro benzene ring substituents is 1. The quantitative estimate of drug-likeness (QED) is 0.668. The zero-order valence-corrected chi connectivity index (χ0v) is 10.5. The first-order chi connectivity index (χ1) is 9.60. The van der Waals surface area contributed by atoms with Crippen LogP contribution in [0.3, 0.4) is 0 Å². The van der Waals surface area contributed by atoms with E-state index >= 15 is 0 Å². The molecule has 0 atom stereocenters. The number of non-ortho nitro benzene ring substituents is 1. The van der Waals surface area contributed by atoms with Gasteiger partial charge in [0.05, 0.1) is 11.1 Å². The van der Waals surface area contributed by atoms with Gasteiger partial charge in [-0.3, -0.25) is 10.1 Å². The van der Waals surface area contributed by atoms with Gasteiger partial charge in [-0.25, -0.2) is 4.98 Å². The number of hydrogen-bond acceptors (Lipinski definition) is 6. The van der Waals surface area contributed by atoms with Crippen molar-refractivity contribution in [2.24, 2.45) is 0 Å². The van der Waals surface area contributed by atoms with Gasteiger partial charge in [0.25, 0.3) is 11.6 Å². The van der Waals surface area contributed by atoms with E-state index in [9.17, 15) is 14.5 Å². The average Bonchev–Trinajstić information content (AvgIpc) is 2.43. The summed E-state index contributed by atoms with van der Waals surface area (Å²) in [6.45, 7) is 2.44. The summed E-state index contributed by atoms with van der Waals surface area (Å²) in [5, 5.41) is 13.3. The fraction of sp³-hybridized carbons (Fsp3) is 0.167. The molecule has 1 aromatic carbocycles. The Morgan fingerprint density at radius 3 is 2.70 bits per heavy atom. The average molecular weight is 278 g/mol. The second kappa shape index (κ2) is 5.91. The van der Waals surface area contributed by atoms with Crippen LogP contribution in [0.15, 0.2) is 30.5 Å². The van der Waals surface area contributed by atoms with E-state index in [1.54, 1.807) is 0 Å². The third kappa shape index (κ3) is 3.16. The number of nitro groups is 1. The number of nitrogens with one attached hydrogen (secondary N) is 1. The molecule has 1 N–H and O–H groups in total. The van der Waals surface area contributed by atoms with E-state index in [4.69, 9.17) is 4.74 Å². The van der Waals surface area contributed by atoms with Crippen LogP contribution in [0.2, 0.25) is 0 Å². The predicted molar refractivity (Wildman–Crippen MR) is 69.3 cm³/mol. The highest BCUT2D eigenvalue weighted by Gasteiger charge is 2.10. The number of aromatic nitrogens is 2. The minimum atomic E-state index is -0.718. The first kappa shape index (κ1) is 13.7. The number of anilines is 1. The summed E-state index contributed by atoms with van der Waals surface area (Å²) in [5.41, 5.74) is -0.0751. The van der Waals surface area contributed by atoms with E-state index in [0.717, 1.165) is 6.20 Å². The maximum absolute atomic E-state index is 13.5. The summed E-state index contributed by atoms with van der Waals surface area (Å²) >= 11 is 0. The van der Waals surface area contributed by atoms with Crippen molar-refractivity contribution in [3.63, 3.8) is 0 Å². The van der Waals surface area contributed by atoms with Gasteiger partial charge in [0.1, 0.15) is 5.75 Å². The highest BCUT2D eigenvalue weighted by atomic mass is 19.1. The molecule has 0 saturated heterocycles. The Kier molecular flexibility index (Phi) is 4.04. The van der Waals surface area contributed by atoms with Gasteiger partial charge in [0.15, 0.2) is 0 Å². The molecule has 1 heterocycles. The van der Waals surface area contributed by atoms with Crippen molar-refractivity contribution in [3.05, 3.63) is 46.4 Å². The lowest BCUT2D eigenvalue weighted by atomic mass is 10.3. The number of benzene rings is 1. The monoisotopic (exact) mass is 278 g/mol. The van der Waals surface area contributed by atoms with Crippen molar-refractivity contribution in [1.29, 1.82) is 0 Å². The lowest BCUT2D eigenvalue weighted by Gasteiger charge is -2.07. The van der Waals surface area contributed by atoms with Crippen LogP contribution in [-0.2, 0) is 0 Å². The van der Waals surface area contributed by atoms with Crippen molar-refractivity contribution in [1.82, 2.24) is 9.97 Å². The maximum Gasteiger partial charge on any atom is 0.269 e. The minimum Gasteiger partial charge on any atom is -0.436 e. The van der Waals surface area contributed by atoms with Crippen molar-refractivity contribution >= 4 is 11.6 Å². The van der Waals surface area contributed by atoms with Gasteiger partial charge >= 0.3 is 0 Å². The molecule has 0 fully saturated rings. The second-order valence-electron chi connectivity index (χ2n) is 3.73. The van der Waals surface area contributed by atoms with Crippen LogP contribution in [0.5, 0.6) is 11.6 Å². The fourth-order valence-corrected chi connectivity index (χ4v) is 1.41. The molecule has 0 radical (unpaired) electrons. The van der Waals surface area contributed by atoms with Crippen LogP contribution in [0.1, 0.15) is 6.92 Å². The first-order valence-corrected chi connectivity index (χ1v) is 5.79. The third-order valence-electron chi connectivity index (χ3n) is 2.31. The number of hydrogen-bond donors (Lipinski definition) is 1. The first-order valence-electron chi connectivity index (χ1n) is 5.79. The summed E-state index contributed by atoms with van der Waals surface area (Å²) in [7, 11) is 0. The topological polar surface area (TPSA) is 90.2 Å². The summed E-state index contributed by atoms with van der Waals surface area (Å²) in [4.78, 5) is 17.6. The van der Waals surface area contributed by atoms with E-state index in [2.05, 4.69) is 15.3 Å². The second-order valence-corrected chi connectivity index (χ2v) is 3.73. The van der Waals surface area contributed by atoms with Gasteiger partial charge in [-0.15, -0.1) is 0 Å². The molecule has 0 aliphatic rings. The Morgan fingerprint density at radius 2 is 2.10 bits per heavy atom.